The zero-order chi connectivity index (χ0) is 27.2. The van der Waals surface area contributed by atoms with Crippen molar-refractivity contribution in [3.05, 3.63) is 70.0 Å². The molecular weight excluding hydrogens is 510 g/mol. The third kappa shape index (κ3) is 8.43. The molecule has 202 valence electrons. The van der Waals surface area contributed by atoms with E-state index in [9.17, 15) is 27.2 Å². The maximum atomic E-state index is 13.5. The molecule has 0 aliphatic heterocycles. The zero-order valence-corrected chi connectivity index (χ0v) is 21.7. The molecular formula is C27H32ClF4N3O2. The van der Waals surface area contributed by atoms with Gasteiger partial charge in [0.15, 0.2) is 0 Å². The average molecular weight is 542 g/mol. The number of likely N-dealkylation sites (N-methyl/N-ethyl adjacent to an activating group) is 1. The number of halogens is 5. The first-order valence-corrected chi connectivity index (χ1v) is 12.6. The molecule has 0 radical (unpaired) electrons. The molecule has 2 aromatic carbocycles. The van der Waals surface area contributed by atoms with Crippen molar-refractivity contribution < 1.29 is 27.2 Å². The highest BCUT2D eigenvalue weighted by atomic mass is 35.5. The fourth-order valence-electron chi connectivity index (χ4n) is 4.84. The number of nitrogens with one attached hydrogen (secondary N) is 2. The minimum Gasteiger partial charge on any atom is -0.353 e. The Hall–Kier alpha value is -2.65. The smallest absolute Gasteiger partial charge is 0.353 e. The lowest BCUT2D eigenvalue weighted by molar-refractivity contribution is -0.137. The fourth-order valence-corrected chi connectivity index (χ4v) is 5.05. The van der Waals surface area contributed by atoms with Gasteiger partial charge in [0, 0.05) is 36.0 Å². The Bertz CT molecular complexity index is 1100. The average Bonchev–Trinajstić information content (AvgIpc) is 2.82. The summed E-state index contributed by atoms with van der Waals surface area (Å²) in [4.78, 5) is 26.8. The maximum Gasteiger partial charge on any atom is 0.416 e. The zero-order valence-electron chi connectivity index (χ0n) is 20.9. The maximum absolute atomic E-state index is 13.5. The second-order valence-electron chi connectivity index (χ2n) is 9.89. The van der Waals surface area contributed by atoms with Crippen LogP contribution in [0.15, 0.2) is 42.5 Å². The van der Waals surface area contributed by atoms with Crippen LogP contribution in [0.4, 0.5) is 17.6 Å². The molecule has 5 nitrogen and oxygen atoms in total. The van der Waals surface area contributed by atoms with Gasteiger partial charge in [-0.3, -0.25) is 9.59 Å². The topological polar surface area (TPSA) is 61.4 Å². The van der Waals surface area contributed by atoms with Gasteiger partial charge < -0.3 is 15.5 Å². The molecule has 0 saturated heterocycles. The molecule has 1 aliphatic rings. The van der Waals surface area contributed by atoms with E-state index in [1.54, 1.807) is 0 Å². The second kappa shape index (κ2) is 12.3. The molecule has 0 atom stereocenters. The van der Waals surface area contributed by atoms with Crippen molar-refractivity contribution in [2.24, 2.45) is 0 Å². The van der Waals surface area contributed by atoms with Gasteiger partial charge in [0.05, 0.1) is 5.56 Å². The Kier molecular flexibility index (Phi) is 9.58. The van der Waals surface area contributed by atoms with Crippen LogP contribution in [-0.2, 0) is 28.7 Å². The van der Waals surface area contributed by atoms with Crippen molar-refractivity contribution in [1.82, 2.24) is 15.5 Å². The van der Waals surface area contributed by atoms with Crippen LogP contribution in [0.3, 0.4) is 0 Å². The number of rotatable bonds is 9. The molecule has 2 N–H and O–H groups in total. The van der Waals surface area contributed by atoms with E-state index in [-0.39, 0.29) is 42.4 Å². The Morgan fingerprint density at radius 1 is 1.03 bits per heavy atom. The van der Waals surface area contributed by atoms with Gasteiger partial charge in [-0.15, -0.1) is 0 Å². The van der Waals surface area contributed by atoms with Gasteiger partial charge in [-0.1, -0.05) is 23.7 Å². The van der Waals surface area contributed by atoms with E-state index < -0.39 is 23.5 Å². The van der Waals surface area contributed by atoms with Crippen LogP contribution >= 0.6 is 11.6 Å². The molecule has 3 rings (SSSR count). The van der Waals surface area contributed by atoms with E-state index >= 15 is 0 Å². The molecule has 0 spiro atoms. The Morgan fingerprint density at radius 3 is 2.32 bits per heavy atom. The fraction of sp³-hybridized carbons (Fsp3) is 0.481. The van der Waals surface area contributed by atoms with E-state index in [2.05, 4.69) is 35.7 Å². The number of nitrogens with zero attached hydrogens (tertiary/aromatic N) is 1. The van der Waals surface area contributed by atoms with Gasteiger partial charge in [0.2, 0.25) is 11.8 Å². The number of hydrogen-bond donors (Lipinski definition) is 2. The van der Waals surface area contributed by atoms with Gasteiger partial charge >= 0.3 is 6.18 Å². The Morgan fingerprint density at radius 2 is 1.70 bits per heavy atom. The van der Waals surface area contributed by atoms with Crippen molar-refractivity contribution in [2.75, 3.05) is 14.1 Å². The number of carbonyl (C=O) groups is 2. The normalized spacial score (nSPS) is 20.1. The third-order valence-electron chi connectivity index (χ3n) is 7.01. The third-order valence-corrected chi connectivity index (χ3v) is 7.24. The second-order valence-corrected chi connectivity index (χ2v) is 10.3. The molecule has 0 aromatic heterocycles. The van der Waals surface area contributed by atoms with Crippen LogP contribution in [0.1, 0.15) is 55.2 Å². The van der Waals surface area contributed by atoms with Crippen LogP contribution < -0.4 is 10.6 Å². The minimum absolute atomic E-state index is 0.00511. The number of hydrogen-bond acceptors (Lipinski definition) is 3. The van der Waals surface area contributed by atoms with Crippen molar-refractivity contribution in [1.29, 1.82) is 0 Å². The summed E-state index contributed by atoms with van der Waals surface area (Å²) in [6, 6.07) is 9.99. The molecule has 0 unspecified atom stereocenters. The van der Waals surface area contributed by atoms with Crippen LogP contribution in [0, 0.1) is 5.82 Å². The molecule has 1 aliphatic carbocycles. The van der Waals surface area contributed by atoms with E-state index in [0.717, 1.165) is 44.2 Å². The molecule has 2 aromatic rings. The predicted octanol–water partition coefficient (Wildman–Crippen LogP) is 5.50. The molecule has 1 fully saturated rings. The number of carbonyl (C=O) groups excluding carboxylic acids is 2. The van der Waals surface area contributed by atoms with Crippen molar-refractivity contribution in [3.63, 3.8) is 0 Å². The molecule has 37 heavy (non-hydrogen) atoms. The van der Waals surface area contributed by atoms with Crippen molar-refractivity contribution >= 4 is 23.4 Å². The lowest BCUT2D eigenvalue weighted by atomic mass is 9.75. The van der Waals surface area contributed by atoms with Crippen LogP contribution in [-0.4, -0.2) is 42.4 Å². The molecule has 0 bridgehead atoms. The van der Waals surface area contributed by atoms with E-state index in [1.807, 2.05) is 18.2 Å². The van der Waals surface area contributed by atoms with Crippen molar-refractivity contribution in [2.45, 2.75) is 69.2 Å². The summed E-state index contributed by atoms with van der Waals surface area (Å²) in [6.45, 7) is -0.261. The van der Waals surface area contributed by atoms with Gasteiger partial charge in [-0.2, -0.15) is 13.2 Å². The highest BCUT2D eigenvalue weighted by Crippen LogP contribution is 2.36. The number of benzene rings is 2. The molecule has 1 saturated carbocycles. The quantitative estimate of drug-likeness (QED) is 0.412. The largest absolute Gasteiger partial charge is 0.416 e. The lowest BCUT2D eigenvalue weighted by Gasteiger charge is -2.45. The Labute approximate surface area is 219 Å². The Balaban J connectivity index is 1.43. The number of alkyl halides is 3. The molecule has 10 heteroatoms. The molecule has 2 amide bonds. The first-order valence-electron chi connectivity index (χ1n) is 12.2. The summed E-state index contributed by atoms with van der Waals surface area (Å²) in [6.07, 6.45) is -0.583. The van der Waals surface area contributed by atoms with Crippen molar-refractivity contribution in [3.8, 4) is 0 Å². The predicted molar refractivity (Wildman–Crippen MR) is 134 cm³/mol. The first kappa shape index (κ1) is 28.9. The summed E-state index contributed by atoms with van der Waals surface area (Å²) >= 11 is 6.15. The highest BCUT2D eigenvalue weighted by Gasteiger charge is 2.37. The number of amides is 2. The lowest BCUT2D eigenvalue weighted by Crippen LogP contribution is -2.52. The standard InChI is InChI=1S/C27H32ClF4N3O2/c1-35(2)26(16-18-4-3-5-21(28)13-18)10-8-23(9-11-26)34-25(37)7-6-24(36)33-17-19-12-20(27(30,31)32)15-22(29)14-19/h3-5,12-15,23H,6-11,16-17H2,1-2H3,(H,33,36)(H,34,37). The van der Waals surface area contributed by atoms with E-state index in [4.69, 9.17) is 11.6 Å². The summed E-state index contributed by atoms with van der Waals surface area (Å²) in [7, 11) is 4.13. The van der Waals surface area contributed by atoms with Crippen LogP contribution in [0.5, 0.6) is 0 Å². The van der Waals surface area contributed by atoms with Crippen LogP contribution in [0.2, 0.25) is 5.02 Å². The SMILES string of the molecule is CN(C)C1(Cc2cccc(Cl)c2)CCC(NC(=O)CCC(=O)NCc2cc(F)cc(C(F)(F)F)c2)CC1. The molecule has 0 heterocycles. The van der Waals surface area contributed by atoms with Gasteiger partial charge in [-0.05, 0) is 87.7 Å². The van der Waals surface area contributed by atoms with Crippen LogP contribution in [0.25, 0.3) is 0 Å². The summed E-state index contributed by atoms with van der Waals surface area (Å²) in [5.74, 6) is -1.78. The summed E-state index contributed by atoms with van der Waals surface area (Å²) in [5.41, 5.74) is 0.0146. The highest BCUT2D eigenvalue weighted by molar-refractivity contribution is 6.30. The van der Waals surface area contributed by atoms with Gasteiger partial charge in [0.25, 0.3) is 0 Å². The van der Waals surface area contributed by atoms with E-state index in [1.165, 1.54) is 5.56 Å². The summed E-state index contributed by atoms with van der Waals surface area (Å²) < 4.78 is 52.0. The first-order chi connectivity index (χ1) is 17.4. The van der Waals surface area contributed by atoms with E-state index in [0.29, 0.717) is 11.1 Å². The van der Waals surface area contributed by atoms with Gasteiger partial charge in [0.1, 0.15) is 5.82 Å². The monoisotopic (exact) mass is 541 g/mol. The van der Waals surface area contributed by atoms with Gasteiger partial charge in [-0.25, -0.2) is 4.39 Å². The minimum atomic E-state index is -4.68. The summed E-state index contributed by atoms with van der Waals surface area (Å²) in [5, 5.41) is 6.15.